The topological polar surface area (TPSA) is 36.4 Å². The molecule has 0 fully saturated rings. The van der Waals surface area contributed by atoms with Crippen LogP contribution < -0.4 is 0 Å². The van der Waals surface area contributed by atoms with Crippen molar-refractivity contribution in [1.29, 1.82) is 0 Å². The van der Waals surface area contributed by atoms with Crippen molar-refractivity contribution < 1.29 is 9.50 Å². The molecule has 0 aliphatic heterocycles. The standard InChI is InChI=1S/C16H21FN2O/c1-19(8-3-2-4-9-20)12-14-11-15(17)10-13-6-5-7-18-16(13)14/h5-7,10-11,20H,2-4,8-9,12H2,1H3. The second-order valence-electron chi connectivity index (χ2n) is 5.16. The third kappa shape index (κ3) is 3.99. The van der Waals surface area contributed by atoms with E-state index in [1.165, 1.54) is 6.07 Å². The average molecular weight is 276 g/mol. The number of halogens is 1. The second-order valence-corrected chi connectivity index (χ2v) is 5.16. The Hall–Kier alpha value is -1.52. The monoisotopic (exact) mass is 276 g/mol. The quantitative estimate of drug-likeness (QED) is 0.790. The van der Waals surface area contributed by atoms with Gasteiger partial charge in [0.2, 0.25) is 0 Å². The number of aliphatic hydroxyl groups excluding tert-OH is 1. The van der Waals surface area contributed by atoms with Crippen LogP contribution in [0.1, 0.15) is 24.8 Å². The van der Waals surface area contributed by atoms with Crippen LogP contribution in [-0.4, -0.2) is 35.2 Å². The van der Waals surface area contributed by atoms with Crippen LogP contribution in [-0.2, 0) is 6.54 Å². The second kappa shape index (κ2) is 7.31. The Morgan fingerprint density at radius 2 is 2.10 bits per heavy atom. The number of hydrogen-bond acceptors (Lipinski definition) is 3. The molecule has 20 heavy (non-hydrogen) atoms. The molecular formula is C16H21FN2O. The van der Waals surface area contributed by atoms with Crippen LogP contribution in [0.3, 0.4) is 0 Å². The number of rotatable bonds is 7. The first-order chi connectivity index (χ1) is 9.70. The fourth-order valence-corrected chi connectivity index (χ4v) is 2.39. The van der Waals surface area contributed by atoms with Gasteiger partial charge in [-0.3, -0.25) is 4.98 Å². The van der Waals surface area contributed by atoms with Crippen molar-refractivity contribution in [3.8, 4) is 0 Å². The number of benzene rings is 1. The van der Waals surface area contributed by atoms with E-state index >= 15 is 0 Å². The molecule has 0 saturated heterocycles. The lowest BCUT2D eigenvalue weighted by atomic mass is 10.1. The molecule has 1 heterocycles. The van der Waals surface area contributed by atoms with E-state index < -0.39 is 0 Å². The summed E-state index contributed by atoms with van der Waals surface area (Å²) < 4.78 is 13.6. The number of nitrogens with zero attached hydrogens (tertiary/aromatic N) is 2. The molecule has 0 saturated carbocycles. The van der Waals surface area contributed by atoms with Crippen molar-refractivity contribution in [2.24, 2.45) is 0 Å². The van der Waals surface area contributed by atoms with E-state index in [-0.39, 0.29) is 12.4 Å². The van der Waals surface area contributed by atoms with Gasteiger partial charge in [-0.1, -0.05) is 6.07 Å². The van der Waals surface area contributed by atoms with E-state index in [0.717, 1.165) is 42.3 Å². The number of aromatic nitrogens is 1. The smallest absolute Gasteiger partial charge is 0.124 e. The molecule has 3 nitrogen and oxygen atoms in total. The van der Waals surface area contributed by atoms with Crippen molar-refractivity contribution in [3.05, 3.63) is 41.8 Å². The van der Waals surface area contributed by atoms with Crippen LogP contribution in [0.15, 0.2) is 30.5 Å². The Labute approximate surface area is 119 Å². The molecule has 0 bridgehead atoms. The van der Waals surface area contributed by atoms with Gasteiger partial charge in [-0.15, -0.1) is 0 Å². The lowest BCUT2D eigenvalue weighted by Gasteiger charge is -2.17. The molecule has 0 aliphatic rings. The Morgan fingerprint density at radius 1 is 1.25 bits per heavy atom. The molecule has 108 valence electrons. The summed E-state index contributed by atoms with van der Waals surface area (Å²) in [4.78, 5) is 6.53. The highest BCUT2D eigenvalue weighted by atomic mass is 19.1. The molecule has 0 unspecified atom stereocenters. The van der Waals surface area contributed by atoms with Crippen molar-refractivity contribution in [2.75, 3.05) is 20.2 Å². The Kier molecular flexibility index (Phi) is 5.44. The van der Waals surface area contributed by atoms with Gasteiger partial charge in [0.05, 0.1) is 5.52 Å². The molecule has 0 atom stereocenters. The van der Waals surface area contributed by atoms with Crippen molar-refractivity contribution in [1.82, 2.24) is 9.88 Å². The van der Waals surface area contributed by atoms with E-state index in [4.69, 9.17) is 5.11 Å². The van der Waals surface area contributed by atoms with Gasteiger partial charge in [0.15, 0.2) is 0 Å². The van der Waals surface area contributed by atoms with Gasteiger partial charge in [0, 0.05) is 24.7 Å². The Balaban J connectivity index is 2.05. The average Bonchev–Trinajstić information content (AvgIpc) is 2.43. The van der Waals surface area contributed by atoms with E-state index in [1.54, 1.807) is 12.3 Å². The summed E-state index contributed by atoms with van der Waals surface area (Å²) >= 11 is 0. The summed E-state index contributed by atoms with van der Waals surface area (Å²) in [6, 6.07) is 6.80. The van der Waals surface area contributed by atoms with Crippen LogP contribution in [0.2, 0.25) is 0 Å². The van der Waals surface area contributed by atoms with Crippen LogP contribution in [0.4, 0.5) is 4.39 Å². The minimum Gasteiger partial charge on any atom is -0.396 e. The molecule has 0 radical (unpaired) electrons. The molecule has 0 spiro atoms. The predicted octanol–water partition coefficient (Wildman–Crippen LogP) is 2.97. The molecule has 4 heteroatoms. The van der Waals surface area contributed by atoms with Crippen LogP contribution in [0.5, 0.6) is 0 Å². The number of unbranched alkanes of at least 4 members (excludes halogenated alkanes) is 2. The largest absolute Gasteiger partial charge is 0.396 e. The third-order valence-electron chi connectivity index (χ3n) is 3.39. The maximum atomic E-state index is 13.6. The van der Waals surface area contributed by atoms with E-state index in [9.17, 15) is 4.39 Å². The first-order valence-corrected chi connectivity index (χ1v) is 7.03. The van der Waals surface area contributed by atoms with Crippen molar-refractivity contribution in [2.45, 2.75) is 25.8 Å². The summed E-state index contributed by atoms with van der Waals surface area (Å²) in [5, 5.41) is 9.60. The molecule has 0 aliphatic carbocycles. The molecule has 2 rings (SSSR count). The van der Waals surface area contributed by atoms with Gasteiger partial charge < -0.3 is 10.0 Å². The van der Waals surface area contributed by atoms with Gasteiger partial charge in [0.1, 0.15) is 5.82 Å². The summed E-state index contributed by atoms with van der Waals surface area (Å²) in [7, 11) is 2.03. The van der Waals surface area contributed by atoms with Crippen LogP contribution >= 0.6 is 0 Å². The fraction of sp³-hybridized carbons (Fsp3) is 0.438. The third-order valence-corrected chi connectivity index (χ3v) is 3.39. The van der Waals surface area contributed by atoms with Crippen molar-refractivity contribution in [3.63, 3.8) is 0 Å². The Bertz CT molecular complexity index is 559. The zero-order valence-electron chi connectivity index (χ0n) is 11.8. The molecule has 2 aromatic rings. The van der Waals surface area contributed by atoms with Crippen LogP contribution in [0, 0.1) is 5.82 Å². The maximum absolute atomic E-state index is 13.6. The molecule has 1 aromatic heterocycles. The van der Waals surface area contributed by atoms with Gasteiger partial charge in [0.25, 0.3) is 0 Å². The van der Waals surface area contributed by atoms with Crippen molar-refractivity contribution >= 4 is 10.9 Å². The summed E-state index contributed by atoms with van der Waals surface area (Å²) in [6.07, 6.45) is 4.64. The lowest BCUT2D eigenvalue weighted by molar-refractivity contribution is 0.271. The molecular weight excluding hydrogens is 255 g/mol. The van der Waals surface area contributed by atoms with Gasteiger partial charge in [-0.05, 0) is 56.6 Å². The molecule has 0 amide bonds. The number of fused-ring (bicyclic) bond motifs is 1. The lowest BCUT2D eigenvalue weighted by Crippen LogP contribution is -2.19. The molecule has 1 aromatic carbocycles. The zero-order valence-corrected chi connectivity index (χ0v) is 11.8. The summed E-state index contributed by atoms with van der Waals surface area (Å²) in [6.45, 7) is 1.87. The number of pyridine rings is 1. The first kappa shape index (κ1) is 14.9. The minimum atomic E-state index is -0.214. The first-order valence-electron chi connectivity index (χ1n) is 7.03. The predicted molar refractivity (Wildman–Crippen MR) is 79.0 cm³/mol. The summed E-state index contributed by atoms with van der Waals surface area (Å²) in [5.74, 6) is -0.214. The minimum absolute atomic E-state index is 0.214. The SMILES string of the molecule is CN(CCCCCO)Cc1cc(F)cc2cccnc12. The zero-order chi connectivity index (χ0) is 14.4. The highest BCUT2D eigenvalue weighted by molar-refractivity contribution is 5.81. The maximum Gasteiger partial charge on any atom is 0.124 e. The highest BCUT2D eigenvalue weighted by Gasteiger charge is 2.08. The normalized spacial score (nSPS) is 11.4. The van der Waals surface area contributed by atoms with E-state index in [1.807, 2.05) is 19.2 Å². The van der Waals surface area contributed by atoms with E-state index in [0.29, 0.717) is 6.54 Å². The van der Waals surface area contributed by atoms with Gasteiger partial charge in [-0.25, -0.2) is 4.39 Å². The summed E-state index contributed by atoms with van der Waals surface area (Å²) in [5.41, 5.74) is 1.79. The number of hydrogen-bond donors (Lipinski definition) is 1. The fourth-order valence-electron chi connectivity index (χ4n) is 2.39. The van der Waals surface area contributed by atoms with Gasteiger partial charge in [-0.2, -0.15) is 0 Å². The molecule has 1 N–H and O–H groups in total. The van der Waals surface area contributed by atoms with E-state index in [2.05, 4.69) is 9.88 Å². The van der Waals surface area contributed by atoms with Crippen LogP contribution in [0.25, 0.3) is 10.9 Å². The Morgan fingerprint density at radius 3 is 2.90 bits per heavy atom. The number of aliphatic hydroxyl groups is 1. The van der Waals surface area contributed by atoms with Gasteiger partial charge >= 0.3 is 0 Å². The highest BCUT2D eigenvalue weighted by Crippen LogP contribution is 2.19.